The summed E-state index contributed by atoms with van der Waals surface area (Å²) in [5.41, 5.74) is 7.79. The van der Waals surface area contributed by atoms with Gasteiger partial charge in [-0.25, -0.2) is 0 Å². The summed E-state index contributed by atoms with van der Waals surface area (Å²) in [5.74, 6) is 5.87. The van der Waals surface area contributed by atoms with Gasteiger partial charge in [0.2, 0.25) is 0 Å². The van der Waals surface area contributed by atoms with Gasteiger partial charge in [0.25, 0.3) is 0 Å². The summed E-state index contributed by atoms with van der Waals surface area (Å²) in [5, 5.41) is 0. The van der Waals surface area contributed by atoms with Crippen molar-refractivity contribution in [2.45, 2.75) is 25.3 Å². The van der Waals surface area contributed by atoms with E-state index in [-0.39, 0.29) is 6.04 Å². The predicted molar refractivity (Wildman–Crippen MR) is 85.5 cm³/mol. The van der Waals surface area contributed by atoms with Crippen LogP contribution in [0.1, 0.15) is 30.9 Å². The molecule has 0 radical (unpaired) electrons. The Morgan fingerprint density at radius 2 is 1.67 bits per heavy atom. The van der Waals surface area contributed by atoms with E-state index < -0.39 is 0 Å². The first-order chi connectivity index (χ1) is 10.2. The molecular formula is C17H22BrNO2. The van der Waals surface area contributed by atoms with E-state index in [0.29, 0.717) is 5.92 Å². The van der Waals surface area contributed by atoms with Crippen LogP contribution in [0.2, 0.25) is 0 Å². The number of fused-ring (bicyclic) bond motifs is 5. The highest BCUT2D eigenvalue weighted by Gasteiger charge is 2.66. The van der Waals surface area contributed by atoms with Gasteiger partial charge in [-0.2, -0.15) is 0 Å². The van der Waals surface area contributed by atoms with Crippen LogP contribution in [-0.2, 0) is 0 Å². The van der Waals surface area contributed by atoms with Gasteiger partial charge < -0.3 is 15.2 Å². The van der Waals surface area contributed by atoms with Crippen molar-refractivity contribution in [2.75, 3.05) is 14.2 Å². The molecule has 0 saturated heterocycles. The Bertz CT molecular complexity index is 560. The Morgan fingerprint density at radius 3 is 2.24 bits per heavy atom. The Kier molecular flexibility index (Phi) is 3.23. The lowest BCUT2D eigenvalue weighted by Crippen LogP contribution is -2.18. The second kappa shape index (κ2) is 4.88. The fraction of sp³-hybridized carbons (Fsp3) is 0.647. The molecular weight excluding hydrogens is 330 g/mol. The first-order valence-corrected chi connectivity index (χ1v) is 8.62. The van der Waals surface area contributed by atoms with Crippen molar-refractivity contribution in [3.05, 3.63) is 22.2 Å². The number of rotatable bonds is 4. The molecule has 3 aliphatic rings. The quantitative estimate of drug-likeness (QED) is 0.897. The molecule has 4 heteroatoms. The van der Waals surface area contributed by atoms with E-state index in [2.05, 4.69) is 15.9 Å². The van der Waals surface area contributed by atoms with Crippen molar-refractivity contribution in [2.24, 2.45) is 35.3 Å². The monoisotopic (exact) mass is 351 g/mol. The van der Waals surface area contributed by atoms with Crippen molar-refractivity contribution in [3.63, 3.8) is 0 Å². The Balaban J connectivity index is 1.62. The third-order valence-electron chi connectivity index (χ3n) is 6.07. The molecule has 5 unspecified atom stereocenters. The average Bonchev–Trinajstić information content (AvgIpc) is 2.93. The van der Waals surface area contributed by atoms with Crippen LogP contribution in [0.3, 0.4) is 0 Å². The van der Waals surface area contributed by atoms with Crippen molar-refractivity contribution >= 4 is 15.9 Å². The molecule has 21 heavy (non-hydrogen) atoms. The molecule has 0 aliphatic heterocycles. The van der Waals surface area contributed by atoms with Gasteiger partial charge >= 0.3 is 0 Å². The smallest absolute Gasteiger partial charge is 0.161 e. The fourth-order valence-corrected chi connectivity index (χ4v) is 5.79. The summed E-state index contributed by atoms with van der Waals surface area (Å²) < 4.78 is 11.8. The number of hydrogen-bond donors (Lipinski definition) is 1. The molecule has 114 valence electrons. The summed E-state index contributed by atoms with van der Waals surface area (Å²) in [4.78, 5) is 0. The second-order valence-corrected chi connectivity index (χ2v) is 7.67. The van der Waals surface area contributed by atoms with E-state index >= 15 is 0 Å². The van der Waals surface area contributed by atoms with Crippen LogP contribution in [0.25, 0.3) is 0 Å². The first-order valence-electron chi connectivity index (χ1n) is 7.82. The Morgan fingerprint density at radius 1 is 1.10 bits per heavy atom. The molecule has 1 aromatic rings. The minimum Gasteiger partial charge on any atom is -0.493 e. The lowest BCUT2D eigenvalue weighted by Gasteiger charge is -2.20. The maximum atomic E-state index is 6.63. The van der Waals surface area contributed by atoms with Crippen molar-refractivity contribution in [1.82, 2.24) is 0 Å². The highest BCUT2D eigenvalue weighted by atomic mass is 79.9. The van der Waals surface area contributed by atoms with Crippen LogP contribution in [-0.4, -0.2) is 14.2 Å². The molecule has 3 aliphatic carbocycles. The number of halogens is 1. The molecule has 5 atom stereocenters. The lowest BCUT2D eigenvalue weighted by molar-refractivity contribution is 0.352. The number of benzene rings is 1. The second-order valence-electron chi connectivity index (χ2n) is 6.82. The summed E-state index contributed by atoms with van der Waals surface area (Å²) in [6, 6.07) is 4.13. The van der Waals surface area contributed by atoms with E-state index in [1.807, 2.05) is 12.1 Å². The van der Waals surface area contributed by atoms with Gasteiger partial charge in [-0.1, -0.05) is 15.9 Å². The van der Waals surface area contributed by atoms with Crippen molar-refractivity contribution in [1.29, 1.82) is 0 Å². The summed E-state index contributed by atoms with van der Waals surface area (Å²) in [6.45, 7) is 0. The van der Waals surface area contributed by atoms with Gasteiger partial charge in [0, 0.05) is 10.5 Å². The fourth-order valence-electron chi connectivity index (χ4n) is 5.21. The number of nitrogens with two attached hydrogens (primary N) is 1. The molecule has 2 bridgehead atoms. The van der Waals surface area contributed by atoms with E-state index in [9.17, 15) is 0 Å². The third-order valence-corrected chi connectivity index (χ3v) is 6.76. The van der Waals surface area contributed by atoms with Crippen LogP contribution >= 0.6 is 15.9 Å². The lowest BCUT2D eigenvalue weighted by atomic mass is 9.93. The largest absolute Gasteiger partial charge is 0.493 e. The summed E-state index contributed by atoms with van der Waals surface area (Å²) in [6.07, 6.45) is 4.33. The molecule has 0 aromatic heterocycles. The number of hydrogen-bond acceptors (Lipinski definition) is 3. The van der Waals surface area contributed by atoms with Crippen LogP contribution in [0.5, 0.6) is 11.5 Å². The molecule has 3 saturated carbocycles. The van der Waals surface area contributed by atoms with Crippen LogP contribution < -0.4 is 15.2 Å². The van der Waals surface area contributed by atoms with Gasteiger partial charge in [0.15, 0.2) is 11.5 Å². The van der Waals surface area contributed by atoms with E-state index in [0.717, 1.165) is 45.2 Å². The molecule has 4 rings (SSSR count). The van der Waals surface area contributed by atoms with E-state index in [4.69, 9.17) is 15.2 Å². The normalized spacial score (nSPS) is 37.2. The Labute approximate surface area is 134 Å². The zero-order valence-electron chi connectivity index (χ0n) is 12.5. The van der Waals surface area contributed by atoms with Gasteiger partial charge in [-0.05, 0) is 66.5 Å². The molecule has 3 fully saturated rings. The Hall–Kier alpha value is -0.740. The molecule has 0 spiro atoms. The highest BCUT2D eigenvalue weighted by molar-refractivity contribution is 9.10. The minimum atomic E-state index is 0.109. The predicted octanol–water partition coefficient (Wildman–Crippen LogP) is 3.76. The topological polar surface area (TPSA) is 44.5 Å². The molecule has 1 aromatic carbocycles. The molecule has 0 amide bonds. The van der Waals surface area contributed by atoms with Crippen LogP contribution in [0, 0.1) is 29.6 Å². The first kappa shape index (κ1) is 13.9. The van der Waals surface area contributed by atoms with Crippen LogP contribution in [0.15, 0.2) is 16.6 Å². The number of ether oxygens (including phenoxy) is 2. The van der Waals surface area contributed by atoms with E-state index in [1.54, 1.807) is 14.2 Å². The zero-order chi connectivity index (χ0) is 14.7. The molecule has 2 N–H and O–H groups in total. The SMILES string of the molecule is COc1cc(Br)c(C(N)C2C3C4CCC(C4)C32)cc1OC. The van der Waals surface area contributed by atoms with Crippen molar-refractivity contribution in [3.8, 4) is 11.5 Å². The average molecular weight is 352 g/mol. The van der Waals surface area contributed by atoms with Gasteiger partial charge in [-0.15, -0.1) is 0 Å². The van der Waals surface area contributed by atoms with E-state index in [1.165, 1.54) is 19.3 Å². The maximum absolute atomic E-state index is 6.63. The van der Waals surface area contributed by atoms with Gasteiger partial charge in [-0.3, -0.25) is 0 Å². The zero-order valence-corrected chi connectivity index (χ0v) is 14.1. The molecule has 3 nitrogen and oxygen atoms in total. The summed E-state index contributed by atoms with van der Waals surface area (Å²) >= 11 is 3.66. The number of methoxy groups -OCH3 is 2. The van der Waals surface area contributed by atoms with Crippen LogP contribution in [0.4, 0.5) is 0 Å². The highest BCUT2D eigenvalue weighted by Crippen LogP contribution is 2.72. The third kappa shape index (κ3) is 1.95. The maximum Gasteiger partial charge on any atom is 0.161 e. The van der Waals surface area contributed by atoms with Gasteiger partial charge in [0.05, 0.1) is 14.2 Å². The van der Waals surface area contributed by atoms with Gasteiger partial charge in [0.1, 0.15) is 0 Å². The van der Waals surface area contributed by atoms with Crippen molar-refractivity contribution < 1.29 is 9.47 Å². The standard InChI is InChI=1S/C17H22BrNO2/c1-20-12-6-10(11(18)7-13(12)21-2)17(19)16-14-8-3-4-9(5-8)15(14)16/h6-9,14-17H,3-5,19H2,1-2H3. The minimum absolute atomic E-state index is 0.109. The molecule has 0 heterocycles. The summed E-state index contributed by atoms with van der Waals surface area (Å²) in [7, 11) is 3.33.